The van der Waals surface area contributed by atoms with Crippen molar-refractivity contribution in [2.45, 2.75) is 53.5 Å². The maximum absolute atomic E-state index is 9.44. The molecule has 0 aliphatic heterocycles. The molecule has 3 heteroatoms. The quantitative estimate of drug-likeness (QED) is 0.806. The molecule has 1 unspecified atom stereocenters. The zero-order valence-electron chi connectivity index (χ0n) is 11.0. The molecule has 1 heterocycles. The van der Waals surface area contributed by atoms with Crippen LogP contribution in [0.4, 0.5) is 0 Å². The van der Waals surface area contributed by atoms with Gasteiger partial charge in [-0.15, -0.1) is 0 Å². The van der Waals surface area contributed by atoms with E-state index in [1.807, 2.05) is 0 Å². The first-order valence-electron chi connectivity index (χ1n) is 6.25. The molecule has 1 aromatic heterocycles. The van der Waals surface area contributed by atoms with E-state index in [4.69, 9.17) is 0 Å². The van der Waals surface area contributed by atoms with Crippen molar-refractivity contribution in [1.82, 2.24) is 9.78 Å². The van der Waals surface area contributed by atoms with Crippen molar-refractivity contribution in [3.8, 4) is 0 Å². The number of hydrogen-bond acceptors (Lipinski definition) is 2. The van der Waals surface area contributed by atoms with E-state index in [2.05, 4.69) is 43.5 Å². The minimum Gasteiger partial charge on any atom is -0.396 e. The van der Waals surface area contributed by atoms with Crippen molar-refractivity contribution in [3.05, 3.63) is 17.5 Å². The van der Waals surface area contributed by atoms with Crippen molar-refractivity contribution in [1.29, 1.82) is 0 Å². The summed E-state index contributed by atoms with van der Waals surface area (Å²) in [7, 11) is 0. The van der Waals surface area contributed by atoms with Gasteiger partial charge in [-0.2, -0.15) is 5.10 Å². The van der Waals surface area contributed by atoms with Gasteiger partial charge in [-0.1, -0.05) is 20.8 Å². The van der Waals surface area contributed by atoms with E-state index in [-0.39, 0.29) is 12.0 Å². The lowest BCUT2D eigenvalue weighted by atomic mass is 9.83. The molecule has 0 saturated carbocycles. The Bertz CT molecular complexity index is 327. The lowest BCUT2D eigenvalue weighted by molar-refractivity contribution is 0.135. The standard InChI is InChI=1S/C13H24N2O/c1-5-11-8-12(15(7-3)14-11)9-13(4,6-2)10-16/h8,16H,5-7,9-10H2,1-4H3. The molecule has 92 valence electrons. The number of aryl methyl sites for hydroxylation is 2. The summed E-state index contributed by atoms with van der Waals surface area (Å²) in [5, 5.41) is 14.0. The van der Waals surface area contributed by atoms with Gasteiger partial charge in [-0.25, -0.2) is 0 Å². The fourth-order valence-electron chi connectivity index (χ4n) is 1.83. The van der Waals surface area contributed by atoms with E-state index in [1.165, 1.54) is 5.69 Å². The van der Waals surface area contributed by atoms with Crippen molar-refractivity contribution < 1.29 is 5.11 Å². The number of rotatable bonds is 6. The van der Waals surface area contributed by atoms with Crippen molar-refractivity contribution in [3.63, 3.8) is 0 Å². The van der Waals surface area contributed by atoms with E-state index in [9.17, 15) is 5.11 Å². The molecule has 0 aromatic carbocycles. The van der Waals surface area contributed by atoms with Crippen molar-refractivity contribution in [2.24, 2.45) is 5.41 Å². The first kappa shape index (κ1) is 13.2. The molecule has 0 aliphatic rings. The van der Waals surface area contributed by atoms with Crippen LogP contribution >= 0.6 is 0 Å². The maximum Gasteiger partial charge on any atom is 0.0624 e. The minimum absolute atomic E-state index is 0.0159. The molecule has 0 radical (unpaired) electrons. The minimum atomic E-state index is -0.0159. The summed E-state index contributed by atoms with van der Waals surface area (Å²) in [6.45, 7) is 9.63. The molecule has 0 bridgehead atoms. The summed E-state index contributed by atoms with van der Waals surface area (Å²) in [5.41, 5.74) is 2.38. The average molecular weight is 224 g/mol. The fourth-order valence-corrected chi connectivity index (χ4v) is 1.83. The second kappa shape index (κ2) is 5.48. The van der Waals surface area contributed by atoms with E-state index in [0.29, 0.717) is 0 Å². The highest BCUT2D eigenvalue weighted by Crippen LogP contribution is 2.26. The van der Waals surface area contributed by atoms with Gasteiger partial charge in [-0.05, 0) is 37.7 Å². The smallest absolute Gasteiger partial charge is 0.0624 e. The summed E-state index contributed by atoms with van der Waals surface area (Å²) < 4.78 is 2.06. The van der Waals surface area contributed by atoms with Gasteiger partial charge in [-0.3, -0.25) is 4.68 Å². The maximum atomic E-state index is 9.44. The monoisotopic (exact) mass is 224 g/mol. The highest BCUT2D eigenvalue weighted by Gasteiger charge is 2.23. The highest BCUT2D eigenvalue weighted by molar-refractivity contribution is 5.12. The van der Waals surface area contributed by atoms with Crippen LogP contribution in [-0.4, -0.2) is 21.5 Å². The van der Waals surface area contributed by atoms with Gasteiger partial charge >= 0.3 is 0 Å². The molecule has 1 atom stereocenters. The van der Waals surface area contributed by atoms with Gasteiger partial charge in [0.1, 0.15) is 0 Å². The summed E-state index contributed by atoms with van der Waals surface area (Å²) in [4.78, 5) is 0. The van der Waals surface area contributed by atoms with Crippen LogP contribution in [0, 0.1) is 5.41 Å². The number of aliphatic hydroxyl groups excluding tert-OH is 1. The number of nitrogens with zero attached hydrogens (tertiary/aromatic N) is 2. The molecule has 1 aromatic rings. The van der Waals surface area contributed by atoms with Crippen LogP contribution in [0.1, 0.15) is 45.5 Å². The molecule has 0 fully saturated rings. The van der Waals surface area contributed by atoms with Crippen molar-refractivity contribution in [2.75, 3.05) is 6.61 Å². The molecule has 16 heavy (non-hydrogen) atoms. The largest absolute Gasteiger partial charge is 0.396 e. The second-order valence-electron chi connectivity index (χ2n) is 4.80. The first-order valence-corrected chi connectivity index (χ1v) is 6.25. The van der Waals surface area contributed by atoms with Crippen LogP contribution in [0.2, 0.25) is 0 Å². The molecule has 0 saturated heterocycles. The molecule has 3 nitrogen and oxygen atoms in total. The zero-order valence-corrected chi connectivity index (χ0v) is 11.0. The lowest BCUT2D eigenvalue weighted by Crippen LogP contribution is -2.24. The number of hydrogen-bond donors (Lipinski definition) is 1. The van der Waals surface area contributed by atoms with Gasteiger partial charge in [0.15, 0.2) is 0 Å². The number of aliphatic hydroxyl groups is 1. The summed E-state index contributed by atoms with van der Waals surface area (Å²) in [6, 6.07) is 2.17. The zero-order chi connectivity index (χ0) is 12.2. The number of aromatic nitrogens is 2. The van der Waals surface area contributed by atoms with Gasteiger partial charge in [0.05, 0.1) is 5.69 Å². The van der Waals surface area contributed by atoms with Gasteiger partial charge in [0, 0.05) is 18.8 Å². The van der Waals surface area contributed by atoms with E-state index in [1.54, 1.807) is 0 Å². The van der Waals surface area contributed by atoms with Crippen LogP contribution < -0.4 is 0 Å². The van der Waals surface area contributed by atoms with E-state index >= 15 is 0 Å². The van der Waals surface area contributed by atoms with Gasteiger partial charge in [0.2, 0.25) is 0 Å². The SMILES string of the molecule is CCc1cc(CC(C)(CC)CO)n(CC)n1. The lowest BCUT2D eigenvalue weighted by Gasteiger charge is -2.25. The molecular weight excluding hydrogens is 200 g/mol. The molecule has 0 amide bonds. The molecule has 0 spiro atoms. The van der Waals surface area contributed by atoms with Crippen LogP contribution in [0.5, 0.6) is 0 Å². The van der Waals surface area contributed by atoms with Gasteiger partial charge < -0.3 is 5.11 Å². The Morgan fingerprint density at radius 3 is 2.50 bits per heavy atom. The van der Waals surface area contributed by atoms with Crippen molar-refractivity contribution >= 4 is 0 Å². The first-order chi connectivity index (χ1) is 7.58. The summed E-state index contributed by atoms with van der Waals surface area (Å²) in [5.74, 6) is 0. The average Bonchev–Trinajstić information content (AvgIpc) is 2.71. The normalized spacial score (nSPS) is 15.1. The Morgan fingerprint density at radius 1 is 1.38 bits per heavy atom. The highest BCUT2D eigenvalue weighted by atomic mass is 16.3. The third kappa shape index (κ3) is 2.85. The molecular formula is C13H24N2O. The Balaban J connectivity index is 2.90. The predicted molar refractivity (Wildman–Crippen MR) is 66.5 cm³/mol. The van der Waals surface area contributed by atoms with Crippen LogP contribution in [0.15, 0.2) is 6.07 Å². The van der Waals surface area contributed by atoms with Crippen LogP contribution in [-0.2, 0) is 19.4 Å². The Hall–Kier alpha value is -0.830. The van der Waals surface area contributed by atoms with E-state index in [0.717, 1.165) is 31.5 Å². The Labute approximate surface area is 98.5 Å². The van der Waals surface area contributed by atoms with Gasteiger partial charge in [0.25, 0.3) is 0 Å². The topological polar surface area (TPSA) is 38.0 Å². The molecule has 1 rings (SSSR count). The second-order valence-corrected chi connectivity index (χ2v) is 4.80. The van der Waals surface area contributed by atoms with E-state index < -0.39 is 0 Å². The summed E-state index contributed by atoms with van der Waals surface area (Å²) in [6.07, 6.45) is 2.86. The summed E-state index contributed by atoms with van der Waals surface area (Å²) >= 11 is 0. The Morgan fingerprint density at radius 2 is 2.06 bits per heavy atom. The fraction of sp³-hybridized carbons (Fsp3) is 0.769. The molecule has 1 N–H and O–H groups in total. The third-order valence-electron chi connectivity index (χ3n) is 3.42. The van der Waals surface area contributed by atoms with Crippen LogP contribution in [0.25, 0.3) is 0 Å². The molecule has 0 aliphatic carbocycles. The predicted octanol–water partition coefficient (Wildman–Crippen LogP) is 2.42. The third-order valence-corrected chi connectivity index (χ3v) is 3.42. The van der Waals surface area contributed by atoms with Crippen LogP contribution in [0.3, 0.4) is 0 Å². The Kier molecular flexibility index (Phi) is 4.54.